The average molecular weight is 228 g/mol. The van der Waals surface area contributed by atoms with Crippen molar-refractivity contribution >= 4 is 22.4 Å². The van der Waals surface area contributed by atoms with Gasteiger partial charge < -0.3 is 4.74 Å². The maximum atomic E-state index is 11.8. The summed E-state index contributed by atoms with van der Waals surface area (Å²) in [6, 6.07) is 0. The molecular weight excluding hydrogens is 212 g/mol. The molecule has 0 aliphatic rings. The highest BCUT2D eigenvalue weighted by atomic mass is 32.1. The molecule has 1 aromatic heterocycles. The molecule has 0 saturated heterocycles. The first kappa shape index (κ1) is 12.1. The summed E-state index contributed by atoms with van der Waals surface area (Å²) in [5, 5.41) is 5.26. The zero-order chi connectivity index (χ0) is 11.5. The van der Waals surface area contributed by atoms with Crippen LogP contribution in [0.5, 0.6) is 0 Å². The first-order valence-electron chi connectivity index (χ1n) is 4.80. The van der Waals surface area contributed by atoms with E-state index in [1.165, 1.54) is 18.4 Å². The minimum atomic E-state index is -0.778. The lowest BCUT2D eigenvalue weighted by Crippen LogP contribution is -2.41. The van der Waals surface area contributed by atoms with Crippen LogP contribution in [0.1, 0.15) is 26.0 Å². The molecule has 1 amide bonds. The quantitative estimate of drug-likeness (QED) is 0.859. The normalized spacial score (nSPS) is 14.7. The van der Waals surface area contributed by atoms with E-state index in [9.17, 15) is 4.79 Å². The molecule has 1 atom stereocenters. The van der Waals surface area contributed by atoms with E-state index in [0.29, 0.717) is 11.6 Å². The van der Waals surface area contributed by atoms with Gasteiger partial charge in [0, 0.05) is 12.5 Å². The van der Waals surface area contributed by atoms with E-state index >= 15 is 0 Å². The van der Waals surface area contributed by atoms with Crippen LogP contribution in [0, 0.1) is 6.92 Å². The van der Waals surface area contributed by atoms with E-state index in [1.54, 1.807) is 6.92 Å². The summed E-state index contributed by atoms with van der Waals surface area (Å²) in [6.07, 6.45) is 0.625. The third kappa shape index (κ3) is 2.76. The molecule has 0 aliphatic carbocycles. The van der Waals surface area contributed by atoms with Crippen molar-refractivity contribution in [3.05, 3.63) is 11.1 Å². The van der Waals surface area contributed by atoms with E-state index in [1.807, 2.05) is 19.2 Å². The lowest BCUT2D eigenvalue weighted by atomic mass is 10.0. The minimum Gasteiger partial charge on any atom is -0.369 e. The van der Waals surface area contributed by atoms with Crippen LogP contribution in [0.15, 0.2) is 5.38 Å². The number of nitrogens with one attached hydrogen (secondary N) is 1. The van der Waals surface area contributed by atoms with Crippen molar-refractivity contribution in [2.24, 2.45) is 0 Å². The fraction of sp³-hybridized carbons (Fsp3) is 0.600. The zero-order valence-corrected chi connectivity index (χ0v) is 10.3. The van der Waals surface area contributed by atoms with Gasteiger partial charge in [0.05, 0.1) is 5.69 Å². The monoisotopic (exact) mass is 228 g/mol. The summed E-state index contributed by atoms with van der Waals surface area (Å²) in [4.78, 5) is 16.0. The van der Waals surface area contributed by atoms with Crippen LogP contribution >= 0.6 is 11.3 Å². The Morgan fingerprint density at radius 3 is 2.80 bits per heavy atom. The molecule has 1 rings (SSSR count). The van der Waals surface area contributed by atoms with Gasteiger partial charge >= 0.3 is 0 Å². The number of nitrogens with zero attached hydrogens (tertiary/aromatic N) is 1. The second-order valence-corrected chi connectivity index (χ2v) is 4.39. The molecule has 1 heterocycles. The van der Waals surface area contributed by atoms with Gasteiger partial charge in [-0.1, -0.05) is 6.92 Å². The number of amides is 1. The Morgan fingerprint density at radius 2 is 2.40 bits per heavy atom. The highest BCUT2D eigenvalue weighted by Gasteiger charge is 2.31. The number of hydrogen-bond donors (Lipinski definition) is 1. The Labute approximate surface area is 93.7 Å². The van der Waals surface area contributed by atoms with Gasteiger partial charge in [-0.3, -0.25) is 10.1 Å². The smallest absolute Gasteiger partial charge is 0.258 e. The average Bonchev–Trinajstić information content (AvgIpc) is 2.62. The molecule has 0 fully saturated rings. The minimum absolute atomic E-state index is 0.151. The number of ether oxygens (including phenoxy) is 1. The third-order valence-corrected chi connectivity index (χ3v) is 3.32. The SMILES string of the molecule is CCC(C)(OC)C(=O)Nc1nc(C)cs1. The summed E-state index contributed by atoms with van der Waals surface area (Å²) in [5.74, 6) is -0.151. The topological polar surface area (TPSA) is 51.2 Å². The molecule has 4 nitrogen and oxygen atoms in total. The van der Waals surface area contributed by atoms with Gasteiger partial charge in [-0.15, -0.1) is 11.3 Å². The van der Waals surface area contributed by atoms with Crippen LogP contribution in [0.3, 0.4) is 0 Å². The number of hydrogen-bond acceptors (Lipinski definition) is 4. The number of methoxy groups -OCH3 is 1. The number of rotatable bonds is 4. The van der Waals surface area contributed by atoms with Gasteiger partial charge in [0.1, 0.15) is 5.60 Å². The maximum Gasteiger partial charge on any atom is 0.258 e. The summed E-state index contributed by atoms with van der Waals surface area (Å²) < 4.78 is 5.19. The molecule has 1 aromatic rings. The predicted molar refractivity (Wildman–Crippen MR) is 61.2 cm³/mol. The summed E-state index contributed by atoms with van der Waals surface area (Å²) >= 11 is 1.42. The van der Waals surface area contributed by atoms with E-state index in [4.69, 9.17) is 4.74 Å². The molecular formula is C10H16N2O2S. The fourth-order valence-corrected chi connectivity index (χ4v) is 1.72. The van der Waals surface area contributed by atoms with Crippen LogP contribution < -0.4 is 5.32 Å². The first-order valence-corrected chi connectivity index (χ1v) is 5.68. The van der Waals surface area contributed by atoms with Gasteiger partial charge in [0.15, 0.2) is 5.13 Å². The van der Waals surface area contributed by atoms with E-state index in [0.717, 1.165) is 5.69 Å². The standard InChI is InChI=1S/C10H16N2O2S/c1-5-10(3,14-4)8(13)12-9-11-7(2)6-15-9/h6H,5H2,1-4H3,(H,11,12,13). The lowest BCUT2D eigenvalue weighted by Gasteiger charge is -2.24. The first-order chi connectivity index (χ1) is 7.01. The zero-order valence-electron chi connectivity index (χ0n) is 9.46. The van der Waals surface area contributed by atoms with Gasteiger partial charge in [-0.05, 0) is 20.3 Å². The molecule has 5 heteroatoms. The molecule has 0 aromatic carbocycles. The molecule has 1 unspecified atom stereocenters. The molecule has 15 heavy (non-hydrogen) atoms. The molecule has 0 radical (unpaired) electrons. The van der Waals surface area contributed by atoms with Gasteiger partial charge in [-0.25, -0.2) is 4.98 Å². The number of aromatic nitrogens is 1. The lowest BCUT2D eigenvalue weighted by molar-refractivity contribution is -0.136. The van der Waals surface area contributed by atoms with Gasteiger partial charge in [-0.2, -0.15) is 0 Å². The molecule has 84 valence electrons. The van der Waals surface area contributed by atoms with Crippen molar-refractivity contribution in [1.82, 2.24) is 4.98 Å². The molecule has 0 spiro atoms. The number of thiazole rings is 1. The largest absolute Gasteiger partial charge is 0.369 e. The van der Waals surface area contributed by atoms with Crippen molar-refractivity contribution in [3.63, 3.8) is 0 Å². The summed E-state index contributed by atoms with van der Waals surface area (Å²) in [6.45, 7) is 5.57. The second-order valence-electron chi connectivity index (χ2n) is 3.54. The van der Waals surface area contributed by atoms with Crippen LogP contribution in [0.25, 0.3) is 0 Å². The van der Waals surface area contributed by atoms with E-state index in [2.05, 4.69) is 10.3 Å². The molecule has 1 N–H and O–H groups in total. The van der Waals surface area contributed by atoms with Crippen LogP contribution in [-0.4, -0.2) is 23.6 Å². The number of aryl methyl sites for hydroxylation is 1. The summed E-state index contributed by atoms with van der Waals surface area (Å²) in [5.41, 5.74) is 0.130. The van der Waals surface area contributed by atoms with Crippen LogP contribution in [0.4, 0.5) is 5.13 Å². The van der Waals surface area contributed by atoms with E-state index in [-0.39, 0.29) is 5.91 Å². The third-order valence-electron chi connectivity index (χ3n) is 2.44. The highest BCUT2D eigenvalue weighted by Crippen LogP contribution is 2.20. The van der Waals surface area contributed by atoms with Crippen LogP contribution in [0.2, 0.25) is 0 Å². The van der Waals surface area contributed by atoms with Crippen molar-refractivity contribution in [1.29, 1.82) is 0 Å². The Balaban J connectivity index is 2.70. The number of carbonyl (C=O) groups excluding carboxylic acids is 1. The summed E-state index contributed by atoms with van der Waals surface area (Å²) in [7, 11) is 1.54. The number of anilines is 1. The van der Waals surface area contributed by atoms with Crippen LogP contribution in [-0.2, 0) is 9.53 Å². The van der Waals surface area contributed by atoms with Crippen molar-refractivity contribution < 1.29 is 9.53 Å². The Bertz CT molecular complexity index is 345. The molecule has 0 bridgehead atoms. The fourth-order valence-electron chi connectivity index (χ4n) is 1.04. The predicted octanol–water partition coefficient (Wildman–Crippen LogP) is 2.21. The Morgan fingerprint density at radius 1 is 1.73 bits per heavy atom. The van der Waals surface area contributed by atoms with E-state index < -0.39 is 5.60 Å². The van der Waals surface area contributed by atoms with Gasteiger partial charge in [0.2, 0.25) is 0 Å². The maximum absolute atomic E-state index is 11.8. The number of carbonyl (C=O) groups is 1. The van der Waals surface area contributed by atoms with Crippen molar-refractivity contribution in [2.45, 2.75) is 32.8 Å². The molecule has 0 aliphatic heterocycles. The Hall–Kier alpha value is -0.940. The second kappa shape index (κ2) is 4.72. The highest BCUT2D eigenvalue weighted by molar-refractivity contribution is 7.13. The van der Waals surface area contributed by atoms with Crippen molar-refractivity contribution in [3.8, 4) is 0 Å². The Kier molecular flexibility index (Phi) is 3.82. The van der Waals surface area contributed by atoms with Gasteiger partial charge in [0.25, 0.3) is 5.91 Å². The van der Waals surface area contributed by atoms with Crippen molar-refractivity contribution in [2.75, 3.05) is 12.4 Å². The molecule has 0 saturated carbocycles.